The van der Waals surface area contributed by atoms with Gasteiger partial charge >= 0.3 is 0 Å². The Balaban J connectivity index is 3.22. The van der Waals surface area contributed by atoms with Crippen LogP contribution in [-0.4, -0.2) is 6.04 Å². The number of hydrogen-bond acceptors (Lipinski definition) is 1. The average molecular weight is 231 g/mol. The number of halogens is 3. The highest BCUT2D eigenvalue weighted by Crippen LogP contribution is 2.28. The van der Waals surface area contributed by atoms with Crippen LogP contribution in [0.5, 0.6) is 0 Å². The molecule has 0 saturated heterocycles. The summed E-state index contributed by atoms with van der Waals surface area (Å²) in [5.74, 6) is -1.97. The van der Waals surface area contributed by atoms with E-state index in [0.29, 0.717) is 0 Å². The van der Waals surface area contributed by atoms with Gasteiger partial charge in [0.05, 0.1) is 0 Å². The zero-order valence-electron chi connectivity index (χ0n) is 9.65. The molecule has 0 aromatic heterocycles. The summed E-state index contributed by atoms with van der Waals surface area (Å²) in [5, 5.41) is 0. The lowest BCUT2D eigenvalue weighted by molar-refractivity contribution is 0.220. The highest BCUT2D eigenvalue weighted by atomic mass is 19.2. The zero-order valence-corrected chi connectivity index (χ0v) is 9.65. The Kier molecular flexibility index (Phi) is 3.63. The summed E-state index contributed by atoms with van der Waals surface area (Å²) in [6.07, 6.45) is 0.187. The van der Waals surface area contributed by atoms with Crippen molar-refractivity contribution in [2.75, 3.05) is 0 Å². The largest absolute Gasteiger partial charge is 0.328 e. The molecule has 90 valence electrons. The van der Waals surface area contributed by atoms with Crippen molar-refractivity contribution in [2.45, 2.75) is 38.9 Å². The summed E-state index contributed by atoms with van der Waals surface area (Å²) in [5.41, 5.74) is 4.07. The SMILES string of the molecule is CC(N)Cc1cc(C(C)(C)F)cc(F)c1F. The maximum Gasteiger partial charge on any atom is 0.162 e. The maximum absolute atomic E-state index is 13.6. The summed E-state index contributed by atoms with van der Waals surface area (Å²) in [7, 11) is 0. The van der Waals surface area contributed by atoms with Crippen molar-refractivity contribution in [3.63, 3.8) is 0 Å². The molecule has 1 nitrogen and oxygen atoms in total. The summed E-state index contributed by atoms with van der Waals surface area (Å²) < 4.78 is 40.2. The molecule has 0 radical (unpaired) electrons. The fourth-order valence-electron chi connectivity index (χ4n) is 1.48. The first-order chi connectivity index (χ1) is 7.21. The van der Waals surface area contributed by atoms with E-state index in [2.05, 4.69) is 0 Å². The van der Waals surface area contributed by atoms with E-state index >= 15 is 0 Å². The molecule has 0 aliphatic rings. The van der Waals surface area contributed by atoms with Crippen LogP contribution in [0.1, 0.15) is 31.9 Å². The number of nitrogens with two attached hydrogens (primary N) is 1. The van der Waals surface area contributed by atoms with Gasteiger partial charge in [0.15, 0.2) is 11.6 Å². The van der Waals surface area contributed by atoms with Crippen LogP contribution >= 0.6 is 0 Å². The van der Waals surface area contributed by atoms with E-state index in [9.17, 15) is 13.2 Å². The zero-order chi connectivity index (χ0) is 12.5. The van der Waals surface area contributed by atoms with Crippen molar-refractivity contribution in [1.82, 2.24) is 0 Å². The molecule has 0 heterocycles. The second kappa shape index (κ2) is 4.45. The average Bonchev–Trinajstić information content (AvgIpc) is 2.10. The molecule has 2 N–H and O–H groups in total. The van der Waals surface area contributed by atoms with E-state index in [0.717, 1.165) is 6.07 Å². The lowest BCUT2D eigenvalue weighted by Gasteiger charge is -2.17. The van der Waals surface area contributed by atoms with E-state index < -0.39 is 17.3 Å². The molecule has 0 aliphatic heterocycles. The summed E-state index contributed by atoms with van der Waals surface area (Å²) in [6, 6.07) is 1.92. The predicted octanol–water partition coefficient (Wildman–Crippen LogP) is 3.06. The van der Waals surface area contributed by atoms with Crippen LogP contribution in [0, 0.1) is 11.6 Å². The minimum atomic E-state index is -1.69. The summed E-state index contributed by atoms with van der Waals surface area (Å²) >= 11 is 0. The standard InChI is InChI=1S/C12H16F3N/c1-7(16)4-8-5-9(12(2,3)15)6-10(13)11(8)14/h5-7H,4,16H2,1-3H3. The van der Waals surface area contributed by atoms with E-state index in [-0.39, 0.29) is 23.6 Å². The quantitative estimate of drug-likeness (QED) is 0.850. The van der Waals surface area contributed by atoms with Gasteiger partial charge in [-0.1, -0.05) is 0 Å². The fourth-order valence-corrected chi connectivity index (χ4v) is 1.48. The van der Waals surface area contributed by atoms with Crippen molar-refractivity contribution in [3.05, 3.63) is 34.9 Å². The molecule has 1 atom stereocenters. The van der Waals surface area contributed by atoms with Crippen molar-refractivity contribution in [2.24, 2.45) is 5.73 Å². The molecule has 0 amide bonds. The normalized spacial score (nSPS) is 13.9. The molecule has 1 unspecified atom stereocenters. The van der Waals surface area contributed by atoms with E-state index in [1.807, 2.05) is 0 Å². The molecule has 0 saturated carbocycles. The van der Waals surface area contributed by atoms with Crippen LogP contribution in [0.25, 0.3) is 0 Å². The molecule has 0 spiro atoms. The Morgan fingerprint density at radius 2 is 1.88 bits per heavy atom. The minimum Gasteiger partial charge on any atom is -0.328 e. The number of alkyl halides is 1. The van der Waals surface area contributed by atoms with Crippen molar-refractivity contribution >= 4 is 0 Å². The highest BCUT2D eigenvalue weighted by molar-refractivity contribution is 5.30. The van der Waals surface area contributed by atoms with Crippen LogP contribution < -0.4 is 5.73 Å². The van der Waals surface area contributed by atoms with Gasteiger partial charge in [0.25, 0.3) is 0 Å². The monoisotopic (exact) mass is 231 g/mol. The molecular formula is C12H16F3N. The topological polar surface area (TPSA) is 26.0 Å². The Hall–Kier alpha value is -1.03. The Labute approximate surface area is 93.5 Å². The first-order valence-electron chi connectivity index (χ1n) is 5.14. The van der Waals surface area contributed by atoms with Crippen LogP contribution in [0.15, 0.2) is 12.1 Å². The van der Waals surface area contributed by atoms with Gasteiger partial charge in [-0.25, -0.2) is 13.2 Å². The highest BCUT2D eigenvalue weighted by Gasteiger charge is 2.22. The van der Waals surface area contributed by atoms with Gasteiger partial charge in [0.2, 0.25) is 0 Å². The lowest BCUT2D eigenvalue weighted by atomic mass is 9.95. The van der Waals surface area contributed by atoms with Gasteiger partial charge in [-0.2, -0.15) is 0 Å². The summed E-state index contributed by atoms with van der Waals surface area (Å²) in [6.45, 7) is 4.29. The Morgan fingerprint density at radius 1 is 1.31 bits per heavy atom. The van der Waals surface area contributed by atoms with Crippen LogP contribution in [-0.2, 0) is 12.1 Å². The third kappa shape index (κ3) is 2.98. The molecular weight excluding hydrogens is 215 g/mol. The predicted molar refractivity (Wildman–Crippen MR) is 57.8 cm³/mol. The lowest BCUT2D eigenvalue weighted by Crippen LogP contribution is -2.20. The van der Waals surface area contributed by atoms with E-state index in [4.69, 9.17) is 5.73 Å². The van der Waals surface area contributed by atoms with Gasteiger partial charge in [0, 0.05) is 6.04 Å². The van der Waals surface area contributed by atoms with Gasteiger partial charge in [-0.05, 0) is 50.5 Å². The van der Waals surface area contributed by atoms with Crippen molar-refractivity contribution in [3.8, 4) is 0 Å². The Bertz CT molecular complexity index is 381. The van der Waals surface area contributed by atoms with Crippen molar-refractivity contribution < 1.29 is 13.2 Å². The van der Waals surface area contributed by atoms with Gasteiger partial charge < -0.3 is 5.73 Å². The first kappa shape index (κ1) is 13.0. The molecule has 4 heteroatoms. The number of benzene rings is 1. The van der Waals surface area contributed by atoms with Gasteiger partial charge in [0.1, 0.15) is 5.67 Å². The number of rotatable bonds is 3. The summed E-state index contributed by atoms with van der Waals surface area (Å²) in [4.78, 5) is 0. The second-order valence-electron chi connectivity index (χ2n) is 4.59. The Morgan fingerprint density at radius 3 is 2.31 bits per heavy atom. The molecule has 0 bridgehead atoms. The minimum absolute atomic E-state index is 0.121. The van der Waals surface area contributed by atoms with Gasteiger partial charge in [-0.3, -0.25) is 0 Å². The molecule has 1 aromatic carbocycles. The van der Waals surface area contributed by atoms with Crippen molar-refractivity contribution in [1.29, 1.82) is 0 Å². The van der Waals surface area contributed by atoms with E-state index in [1.54, 1.807) is 6.92 Å². The maximum atomic E-state index is 13.6. The van der Waals surface area contributed by atoms with Crippen LogP contribution in [0.3, 0.4) is 0 Å². The smallest absolute Gasteiger partial charge is 0.162 e. The molecule has 1 aromatic rings. The second-order valence-corrected chi connectivity index (χ2v) is 4.59. The molecule has 16 heavy (non-hydrogen) atoms. The molecule has 1 rings (SSSR count). The van der Waals surface area contributed by atoms with E-state index in [1.165, 1.54) is 19.9 Å². The third-order valence-electron chi connectivity index (χ3n) is 2.33. The third-order valence-corrected chi connectivity index (χ3v) is 2.33. The molecule has 0 fully saturated rings. The fraction of sp³-hybridized carbons (Fsp3) is 0.500. The van der Waals surface area contributed by atoms with Crippen LogP contribution in [0.2, 0.25) is 0 Å². The molecule has 0 aliphatic carbocycles. The number of hydrogen-bond donors (Lipinski definition) is 1. The first-order valence-corrected chi connectivity index (χ1v) is 5.14. The van der Waals surface area contributed by atoms with Crippen LogP contribution in [0.4, 0.5) is 13.2 Å². The van der Waals surface area contributed by atoms with Gasteiger partial charge in [-0.15, -0.1) is 0 Å².